The van der Waals surface area contributed by atoms with Crippen LogP contribution in [-0.4, -0.2) is 11.6 Å². The monoisotopic (exact) mass is 286 g/mol. The molecule has 1 aromatic carbocycles. The van der Waals surface area contributed by atoms with Crippen LogP contribution in [0.1, 0.15) is 51.7 Å². The van der Waals surface area contributed by atoms with Gasteiger partial charge in [0.05, 0.1) is 0 Å². The SMILES string of the molecule is CC(=O)/C(CC(C)C)=C(/C)C(=O)CCc1ccc(C)cc1. The summed E-state index contributed by atoms with van der Waals surface area (Å²) in [5.41, 5.74) is 3.72. The Bertz CT molecular complexity index is 533. The molecule has 0 saturated carbocycles. The summed E-state index contributed by atoms with van der Waals surface area (Å²) < 4.78 is 0. The van der Waals surface area contributed by atoms with Crippen molar-refractivity contribution >= 4 is 11.6 Å². The highest BCUT2D eigenvalue weighted by atomic mass is 16.1. The molecule has 0 heterocycles. The molecule has 114 valence electrons. The lowest BCUT2D eigenvalue weighted by Crippen LogP contribution is -2.11. The van der Waals surface area contributed by atoms with Gasteiger partial charge in [0.15, 0.2) is 11.6 Å². The fourth-order valence-corrected chi connectivity index (χ4v) is 2.34. The van der Waals surface area contributed by atoms with Gasteiger partial charge >= 0.3 is 0 Å². The Hall–Kier alpha value is -1.70. The third-order valence-corrected chi connectivity index (χ3v) is 3.67. The second kappa shape index (κ2) is 7.92. The molecule has 2 heteroatoms. The lowest BCUT2D eigenvalue weighted by Gasteiger charge is -2.11. The number of allylic oxidation sites excluding steroid dienone is 2. The highest BCUT2D eigenvalue weighted by Crippen LogP contribution is 2.18. The van der Waals surface area contributed by atoms with Crippen molar-refractivity contribution in [2.24, 2.45) is 5.92 Å². The summed E-state index contributed by atoms with van der Waals surface area (Å²) in [6.45, 7) is 9.51. The van der Waals surface area contributed by atoms with Crippen LogP contribution in [0.25, 0.3) is 0 Å². The summed E-state index contributed by atoms with van der Waals surface area (Å²) in [6, 6.07) is 8.23. The minimum absolute atomic E-state index is 0.0184. The summed E-state index contributed by atoms with van der Waals surface area (Å²) in [6.07, 6.45) is 1.87. The van der Waals surface area contributed by atoms with Crippen molar-refractivity contribution in [1.29, 1.82) is 0 Å². The van der Waals surface area contributed by atoms with Crippen LogP contribution in [-0.2, 0) is 16.0 Å². The fraction of sp³-hybridized carbons (Fsp3) is 0.474. The molecule has 0 radical (unpaired) electrons. The van der Waals surface area contributed by atoms with Gasteiger partial charge in [-0.1, -0.05) is 43.7 Å². The number of benzene rings is 1. The number of rotatable bonds is 7. The Morgan fingerprint density at radius 2 is 1.62 bits per heavy atom. The number of aryl methyl sites for hydroxylation is 2. The second-order valence-corrected chi connectivity index (χ2v) is 6.17. The molecule has 0 amide bonds. The molecule has 1 rings (SSSR count). The van der Waals surface area contributed by atoms with Gasteiger partial charge in [-0.2, -0.15) is 0 Å². The molecule has 0 aliphatic carbocycles. The maximum Gasteiger partial charge on any atom is 0.159 e. The van der Waals surface area contributed by atoms with E-state index in [4.69, 9.17) is 0 Å². The minimum atomic E-state index is 0.0184. The number of hydrogen-bond acceptors (Lipinski definition) is 2. The van der Waals surface area contributed by atoms with E-state index in [2.05, 4.69) is 38.1 Å². The number of carbonyl (C=O) groups excluding carboxylic acids is 2. The summed E-state index contributed by atoms with van der Waals surface area (Å²) in [5, 5.41) is 0. The fourth-order valence-electron chi connectivity index (χ4n) is 2.34. The van der Waals surface area contributed by atoms with Gasteiger partial charge in [0.1, 0.15) is 0 Å². The summed E-state index contributed by atoms with van der Waals surface area (Å²) in [7, 11) is 0. The standard InChI is InChI=1S/C19H26O2/c1-13(2)12-18(16(5)20)15(4)19(21)11-10-17-8-6-14(3)7-9-17/h6-9,13H,10-12H2,1-5H3/b18-15-. The summed E-state index contributed by atoms with van der Waals surface area (Å²) in [5.74, 6) is 0.482. The molecule has 0 unspecified atom stereocenters. The predicted octanol–water partition coefficient (Wildman–Crippen LogP) is 4.45. The molecule has 2 nitrogen and oxygen atoms in total. The van der Waals surface area contributed by atoms with E-state index in [9.17, 15) is 9.59 Å². The summed E-state index contributed by atoms with van der Waals surface area (Å²) in [4.78, 5) is 24.0. The van der Waals surface area contributed by atoms with E-state index in [-0.39, 0.29) is 11.6 Å². The lowest BCUT2D eigenvalue weighted by molar-refractivity contribution is -0.117. The lowest BCUT2D eigenvalue weighted by atomic mass is 9.92. The van der Waals surface area contributed by atoms with Crippen molar-refractivity contribution in [3.05, 3.63) is 46.5 Å². The van der Waals surface area contributed by atoms with Gasteiger partial charge in [-0.05, 0) is 50.7 Å². The molecule has 0 saturated heterocycles. The first-order valence-corrected chi connectivity index (χ1v) is 7.60. The zero-order valence-electron chi connectivity index (χ0n) is 13.8. The topological polar surface area (TPSA) is 34.1 Å². The van der Waals surface area contributed by atoms with Crippen molar-refractivity contribution in [1.82, 2.24) is 0 Å². The maximum atomic E-state index is 12.3. The van der Waals surface area contributed by atoms with E-state index in [1.807, 2.05) is 6.92 Å². The van der Waals surface area contributed by atoms with E-state index in [0.29, 0.717) is 29.9 Å². The molecule has 0 aromatic heterocycles. The Kier molecular flexibility index (Phi) is 6.54. The average molecular weight is 286 g/mol. The highest BCUT2D eigenvalue weighted by molar-refractivity contribution is 6.05. The van der Waals surface area contributed by atoms with Gasteiger partial charge in [0, 0.05) is 12.0 Å². The molecule has 0 aliphatic heterocycles. The third kappa shape index (κ3) is 5.66. The predicted molar refractivity (Wildman–Crippen MR) is 87.3 cm³/mol. The van der Waals surface area contributed by atoms with Crippen LogP contribution >= 0.6 is 0 Å². The third-order valence-electron chi connectivity index (χ3n) is 3.67. The molecule has 0 aliphatic rings. The van der Waals surface area contributed by atoms with Gasteiger partial charge in [0.25, 0.3) is 0 Å². The van der Waals surface area contributed by atoms with E-state index in [1.54, 1.807) is 13.8 Å². The molecule has 0 N–H and O–H groups in total. The van der Waals surface area contributed by atoms with Crippen molar-refractivity contribution in [2.75, 3.05) is 0 Å². The number of ketones is 2. The highest BCUT2D eigenvalue weighted by Gasteiger charge is 2.15. The van der Waals surface area contributed by atoms with Crippen molar-refractivity contribution in [2.45, 2.75) is 53.9 Å². The first kappa shape index (κ1) is 17.4. The average Bonchev–Trinajstić information content (AvgIpc) is 2.42. The minimum Gasteiger partial charge on any atom is -0.295 e. The van der Waals surface area contributed by atoms with Gasteiger partial charge in [-0.25, -0.2) is 0 Å². The molecular weight excluding hydrogens is 260 g/mol. The number of carbonyl (C=O) groups is 2. The van der Waals surface area contributed by atoms with Gasteiger partial charge in [-0.15, -0.1) is 0 Å². The summed E-state index contributed by atoms with van der Waals surface area (Å²) >= 11 is 0. The Labute approximate surface area is 128 Å². The molecular formula is C19H26O2. The second-order valence-electron chi connectivity index (χ2n) is 6.17. The molecule has 0 fully saturated rings. The normalized spacial score (nSPS) is 12.3. The zero-order chi connectivity index (χ0) is 16.0. The molecule has 0 bridgehead atoms. The van der Waals surface area contributed by atoms with Crippen LogP contribution in [0, 0.1) is 12.8 Å². The van der Waals surface area contributed by atoms with Crippen LogP contribution in [0.4, 0.5) is 0 Å². The molecule has 21 heavy (non-hydrogen) atoms. The van der Waals surface area contributed by atoms with Crippen LogP contribution in [0.2, 0.25) is 0 Å². The largest absolute Gasteiger partial charge is 0.295 e. The van der Waals surface area contributed by atoms with Crippen LogP contribution in [0.3, 0.4) is 0 Å². The van der Waals surface area contributed by atoms with Crippen molar-refractivity contribution in [3.8, 4) is 0 Å². The van der Waals surface area contributed by atoms with E-state index in [0.717, 1.165) is 12.0 Å². The Morgan fingerprint density at radius 1 is 1.05 bits per heavy atom. The molecule has 1 aromatic rings. The van der Waals surface area contributed by atoms with Gasteiger partial charge < -0.3 is 0 Å². The van der Waals surface area contributed by atoms with E-state index in [1.165, 1.54) is 5.56 Å². The quantitative estimate of drug-likeness (QED) is 0.694. The Balaban J connectivity index is 2.76. The molecule has 0 atom stereocenters. The van der Waals surface area contributed by atoms with E-state index >= 15 is 0 Å². The van der Waals surface area contributed by atoms with Gasteiger partial charge in [0.2, 0.25) is 0 Å². The maximum absolute atomic E-state index is 12.3. The van der Waals surface area contributed by atoms with Crippen LogP contribution in [0.5, 0.6) is 0 Å². The van der Waals surface area contributed by atoms with Crippen molar-refractivity contribution < 1.29 is 9.59 Å². The molecule has 0 spiro atoms. The van der Waals surface area contributed by atoms with Crippen LogP contribution in [0.15, 0.2) is 35.4 Å². The Morgan fingerprint density at radius 3 is 2.10 bits per heavy atom. The van der Waals surface area contributed by atoms with Crippen LogP contribution < -0.4 is 0 Å². The first-order valence-electron chi connectivity index (χ1n) is 7.60. The first-order chi connectivity index (χ1) is 9.81. The van der Waals surface area contributed by atoms with Gasteiger partial charge in [-0.3, -0.25) is 9.59 Å². The smallest absolute Gasteiger partial charge is 0.159 e. The van der Waals surface area contributed by atoms with Crippen molar-refractivity contribution in [3.63, 3.8) is 0 Å². The van der Waals surface area contributed by atoms with E-state index < -0.39 is 0 Å². The zero-order valence-corrected chi connectivity index (χ0v) is 13.8. The number of Topliss-reactive ketones (excluding diaryl/α,β-unsaturated/α-hetero) is 2. The number of hydrogen-bond donors (Lipinski definition) is 0.